The molecule has 1 atom stereocenters. The average molecular weight is 485 g/mol. The summed E-state index contributed by atoms with van der Waals surface area (Å²) >= 11 is 0. The van der Waals surface area contributed by atoms with Crippen molar-refractivity contribution in [2.75, 3.05) is 16.8 Å². The summed E-state index contributed by atoms with van der Waals surface area (Å²) in [5.74, 6) is -0.790. The van der Waals surface area contributed by atoms with Crippen molar-refractivity contribution in [1.82, 2.24) is 0 Å². The number of nitrogens with zero attached hydrogens (tertiary/aromatic N) is 1. The Bertz CT molecular complexity index is 1160. The van der Waals surface area contributed by atoms with Crippen LogP contribution in [0.3, 0.4) is 0 Å². The number of hydrogen-bond donors (Lipinski definition) is 3. The highest BCUT2D eigenvalue weighted by atomic mass is 32.2. The number of unbranched alkanes of at least 4 members (excludes halogenated alkanes) is 2. The largest absolute Gasteiger partial charge is 0.481 e. The van der Waals surface area contributed by atoms with E-state index < -0.39 is 21.5 Å². The molecule has 0 amide bonds. The molecule has 3 N–H and O–H groups in total. The topological polar surface area (TPSA) is 107 Å². The van der Waals surface area contributed by atoms with Gasteiger partial charge in [0, 0.05) is 36.0 Å². The first-order valence-electron chi connectivity index (χ1n) is 11.4. The Morgan fingerprint density at radius 1 is 1.09 bits per heavy atom. The van der Waals surface area contributed by atoms with E-state index in [1.54, 1.807) is 12.1 Å². The molecular weight excluding hydrogens is 452 g/mol. The van der Waals surface area contributed by atoms with Crippen molar-refractivity contribution in [3.05, 3.63) is 78.5 Å². The molecule has 0 bridgehead atoms. The summed E-state index contributed by atoms with van der Waals surface area (Å²) in [6.07, 6.45) is 10.2. The Morgan fingerprint density at radius 3 is 2.50 bits per heavy atom. The monoisotopic (exact) mass is 484 g/mol. The smallest absolute Gasteiger partial charge is 0.303 e. The molecule has 1 aliphatic heterocycles. The minimum Gasteiger partial charge on any atom is -0.481 e. The zero-order valence-electron chi connectivity index (χ0n) is 19.5. The zero-order chi connectivity index (χ0) is 24.8. The van der Waals surface area contributed by atoms with Gasteiger partial charge in [-0.15, -0.1) is 0 Å². The number of carboxylic acids is 1. The van der Waals surface area contributed by atoms with Crippen LogP contribution in [0.1, 0.15) is 45.1 Å². The predicted octanol–water partition coefficient (Wildman–Crippen LogP) is 5.23. The van der Waals surface area contributed by atoms with Crippen LogP contribution in [0.2, 0.25) is 0 Å². The standard InChI is InChI=1S/C26H32N2O5S/c1-26(2)22-19-21(34(31,32)33)15-16-23(22)28(18-10-4-7-14-25(29)30)24(26)13-8-9-17-27-20-11-5-3-6-12-20/h3,5-6,8-9,11-13,15-17,19,24,27H,4,7,10,14,18H2,1-2H3,(H,29,30)(H,31,32,33). The van der Waals surface area contributed by atoms with Gasteiger partial charge in [-0.1, -0.05) is 50.6 Å². The number of aliphatic carboxylic acids is 1. The first kappa shape index (κ1) is 25.5. The Balaban J connectivity index is 1.80. The van der Waals surface area contributed by atoms with Crippen molar-refractivity contribution in [1.29, 1.82) is 0 Å². The molecule has 2 aromatic carbocycles. The van der Waals surface area contributed by atoms with E-state index in [0.717, 1.165) is 29.8 Å². The van der Waals surface area contributed by atoms with Gasteiger partial charge in [0.2, 0.25) is 0 Å². The number of carboxylic acid groups (broad SMARTS) is 1. The van der Waals surface area contributed by atoms with E-state index in [-0.39, 0.29) is 17.4 Å². The third kappa shape index (κ3) is 6.27. The van der Waals surface area contributed by atoms with Gasteiger partial charge in [0.25, 0.3) is 10.1 Å². The van der Waals surface area contributed by atoms with Crippen molar-refractivity contribution in [3.8, 4) is 0 Å². The lowest BCUT2D eigenvalue weighted by molar-refractivity contribution is -0.137. The normalized spacial score (nSPS) is 17.4. The Labute approximate surface area is 201 Å². The molecule has 0 saturated heterocycles. The zero-order valence-corrected chi connectivity index (χ0v) is 20.3. The van der Waals surface area contributed by atoms with Crippen molar-refractivity contribution < 1.29 is 22.9 Å². The van der Waals surface area contributed by atoms with E-state index >= 15 is 0 Å². The molecule has 1 aliphatic rings. The third-order valence-corrected chi connectivity index (χ3v) is 7.01. The van der Waals surface area contributed by atoms with Crippen molar-refractivity contribution in [2.24, 2.45) is 0 Å². The fourth-order valence-electron chi connectivity index (χ4n) is 4.38. The lowest BCUT2D eigenvalue weighted by atomic mass is 9.80. The number of anilines is 2. The van der Waals surface area contributed by atoms with Crippen molar-refractivity contribution in [3.63, 3.8) is 0 Å². The van der Waals surface area contributed by atoms with Crippen LogP contribution in [-0.4, -0.2) is 36.6 Å². The maximum atomic E-state index is 11.7. The first-order chi connectivity index (χ1) is 16.1. The second kappa shape index (κ2) is 10.9. The summed E-state index contributed by atoms with van der Waals surface area (Å²) in [7, 11) is -4.30. The molecule has 3 rings (SSSR count). The average Bonchev–Trinajstić information content (AvgIpc) is 2.99. The number of allylic oxidation sites excluding steroid dienone is 2. The van der Waals surface area contributed by atoms with Gasteiger partial charge in [-0.05, 0) is 54.8 Å². The number of carbonyl (C=O) groups is 1. The van der Waals surface area contributed by atoms with Gasteiger partial charge in [0.1, 0.15) is 0 Å². The minimum atomic E-state index is -4.30. The second-order valence-corrected chi connectivity index (χ2v) is 10.4. The number of rotatable bonds is 11. The molecule has 7 nitrogen and oxygen atoms in total. The van der Waals surface area contributed by atoms with Crippen LogP contribution in [0.4, 0.5) is 11.4 Å². The summed E-state index contributed by atoms with van der Waals surface area (Å²) in [6, 6.07) is 14.5. The maximum Gasteiger partial charge on any atom is 0.303 e. The molecule has 0 aromatic heterocycles. The number of hydrogen-bond acceptors (Lipinski definition) is 5. The molecule has 0 radical (unpaired) electrons. The number of nitrogens with one attached hydrogen (secondary N) is 1. The molecule has 1 unspecified atom stereocenters. The highest BCUT2D eigenvalue weighted by Crippen LogP contribution is 2.46. The molecule has 34 heavy (non-hydrogen) atoms. The Hall–Kier alpha value is -3.10. The van der Waals surface area contributed by atoms with Crippen LogP contribution >= 0.6 is 0 Å². The van der Waals surface area contributed by atoms with Crippen molar-refractivity contribution >= 4 is 27.5 Å². The van der Waals surface area contributed by atoms with E-state index in [0.29, 0.717) is 13.0 Å². The highest BCUT2D eigenvalue weighted by molar-refractivity contribution is 7.85. The lowest BCUT2D eigenvalue weighted by Crippen LogP contribution is -2.40. The summed E-state index contributed by atoms with van der Waals surface area (Å²) in [4.78, 5) is 12.9. The maximum absolute atomic E-state index is 11.7. The van der Waals surface area contributed by atoms with Gasteiger partial charge < -0.3 is 15.3 Å². The van der Waals surface area contributed by atoms with Crippen LogP contribution in [0.5, 0.6) is 0 Å². The molecule has 0 fully saturated rings. The van der Waals surface area contributed by atoms with E-state index in [2.05, 4.69) is 30.1 Å². The molecule has 8 heteroatoms. The number of fused-ring (bicyclic) bond motifs is 1. The van der Waals surface area contributed by atoms with E-state index in [1.165, 1.54) is 6.07 Å². The summed E-state index contributed by atoms with van der Waals surface area (Å²) in [6.45, 7) is 4.83. The van der Waals surface area contributed by atoms with Gasteiger partial charge in [0.15, 0.2) is 0 Å². The number of para-hydroxylation sites is 1. The van der Waals surface area contributed by atoms with Crippen LogP contribution in [-0.2, 0) is 20.3 Å². The third-order valence-electron chi connectivity index (χ3n) is 6.16. The predicted molar refractivity (Wildman–Crippen MR) is 135 cm³/mol. The minimum absolute atomic E-state index is 0.0417. The highest BCUT2D eigenvalue weighted by Gasteiger charge is 2.43. The quantitative estimate of drug-likeness (QED) is 0.228. The molecule has 0 aliphatic carbocycles. The van der Waals surface area contributed by atoms with E-state index in [9.17, 15) is 17.8 Å². The molecular formula is C26H32N2O5S. The van der Waals surface area contributed by atoms with Crippen LogP contribution < -0.4 is 10.2 Å². The lowest BCUT2D eigenvalue weighted by Gasteiger charge is -2.32. The van der Waals surface area contributed by atoms with Crippen molar-refractivity contribution in [2.45, 2.75) is 55.9 Å². The Morgan fingerprint density at radius 2 is 1.82 bits per heavy atom. The first-order valence-corrected chi connectivity index (χ1v) is 12.8. The van der Waals surface area contributed by atoms with E-state index in [1.807, 2.05) is 48.7 Å². The SMILES string of the molecule is CC1(C)c2cc(S(=O)(=O)O)ccc2N(CCCCCC(=O)O)C1C=CC=CNc1ccccc1. The van der Waals surface area contributed by atoms with Crippen LogP contribution in [0.15, 0.2) is 77.9 Å². The molecule has 1 heterocycles. The fourth-order valence-corrected chi connectivity index (χ4v) is 4.89. The summed E-state index contributed by atoms with van der Waals surface area (Å²) in [5, 5.41) is 12.1. The summed E-state index contributed by atoms with van der Waals surface area (Å²) < 4.78 is 33.0. The molecule has 0 spiro atoms. The molecule has 0 saturated carbocycles. The molecule has 182 valence electrons. The van der Waals surface area contributed by atoms with Gasteiger partial charge in [-0.3, -0.25) is 9.35 Å². The van der Waals surface area contributed by atoms with Gasteiger partial charge in [0.05, 0.1) is 10.9 Å². The summed E-state index contributed by atoms with van der Waals surface area (Å²) in [5.41, 5.74) is 2.36. The van der Waals surface area contributed by atoms with Crippen LogP contribution in [0, 0.1) is 0 Å². The van der Waals surface area contributed by atoms with Gasteiger partial charge in [-0.2, -0.15) is 8.42 Å². The Kier molecular flexibility index (Phi) is 8.17. The van der Waals surface area contributed by atoms with E-state index in [4.69, 9.17) is 5.11 Å². The second-order valence-electron chi connectivity index (χ2n) is 8.97. The molecule has 2 aromatic rings. The van der Waals surface area contributed by atoms with Gasteiger partial charge >= 0.3 is 5.97 Å². The number of benzene rings is 2. The van der Waals surface area contributed by atoms with Gasteiger partial charge in [-0.25, -0.2) is 0 Å². The van der Waals surface area contributed by atoms with Crippen LogP contribution in [0.25, 0.3) is 0 Å². The fraction of sp³-hybridized carbons (Fsp3) is 0.346.